The first-order valence-corrected chi connectivity index (χ1v) is 10.5. The van der Waals surface area contributed by atoms with Gasteiger partial charge in [0.15, 0.2) is 5.11 Å². The van der Waals surface area contributed by atoms with Gasteiger partial charge in [-0.2, -0.15) is 0 Å². The van der Waals surface area contributed by atoms with Crippen LogP contribution in [0.15, 0.2) is 42.5 Å². The first-order valence-electron chi connectivity index (χ1n) is 9.72. The first kappa shape index (κ1) is 20.7. The highest BCUT2D eigenvalue weighted by Crippen LogP contribution is 2.27. The lowest BCUT2D eigenvalue weighted by molar-refractivity contribution is 0.415. The molecule has 1 saturated heterocycles. The van der Waals surface area contributed by atoms with Crippen molar-refractivity contribution in [3.8, 4) is 5.75 Å². The van der Waals surface area contributed by atoms with Crippen LogP contribution in [-0.4, -0.2) is 25.3 Å². The van der Waals surface area contributed by atoms with Crippen molar-refractivity contribution < 1.29 is 4.74 Å². The quantitative estimate of drug-likeness (QED) is 0.616. The maximum atomic E-state index is 6.17. The predicted octanol–water partition coefficient (Wildman–Crippen LogP) is 5.63. The van der Waals surface area contributed by atoms with Gasteiger partial charge in [-0.15, -0.1) is 0 Å². The van der Waals surface area contributed by atoms with E-state index in [0.717, 1.165) is 24.7 Å². The average molecular weight is 418 g/mol. The molecule has 0 saturated carbocycles. The molecule has 0 spiro atoms. The van der Waals surface area contributed by atoms with Gasteiger partial charge >= 0.3 is 0 Å². The minimum Gasteiger partial charge on any atom is -0.495 e. The summed E-state index contributed by atoms with van der Waals surface area (Å²) < 4.78 is 5.17. The van der Waals surface area contributed by atoms with Crippen molar-refractivity contribution in [2.24, 2.45) is 5.92 Å². The third-order valence-electron chi connectivity index (χ3n) is 5.17. The number of piperidine rings is 1. The normalized spacial score (nSPS) is 17.7. The molecule has 28 heavy (non-hydrogen) atoms. The van der Waals surface area contributed by atoms with Gasteiger partial charge in [0.1, 0.15) is 5.75 Å². The standard InChI is InChI=1S/C22H28ClN3OS/c1-15-5-4-12-26(14-15)19-9-6-17(7-10-19)16(2)24-22(28)25-18-8-11-21(27-3)20(23)13-18/h6-11,13,15-16H,4-5,12,14H2,1-3H3,(H2,24,25,28)/t15-,16+/m0/s1. The van der Waals surface area contributed by atoms with E-state index in [0.29, 0.717) is 15.9 Å². The van der Waals surface area contributed by atoms with Crippen molar-refractivity contribution in [2.75, 3.05) is 30.4 Å². The van der Waals surface area contributed by atoms with E-state index in [4.69, 9.17) is 28.6 Å². The molecular weight excluding hydrogens is 390 g/mol. The van der Waals surface area contributed by atoms with Crippen LogP contribution in [0.2, 0.25) is 5.02 Å². The van der Waals surface area contributed by atoms with E-state index < -0.39 is 0 Å². The fourth-order valence-corrected chi connectivity index (χ4v) is 4.14. The second-order valence-electron chi connectivity index (χ2n) is 7.45. The minimum atomic E-state index is 0.100. The molecule has 2 aromatic rings. The molecule has 3 rings (SSSR count). The Kier molecular flexibility index (Phi) is 7.03. The van der Waals surface area contributed by atoms with Crippen LogP contribution < -0.4 is 20.3 Å². The van der Waals surface area contributed by atoms with E-state index >= 15 is 0 Å². The monoisotopic (exact) mass is 417 g/mol. The molecule has 6 heteroatoms. The first-order chi connectivity index (χ1) is 13.5. The topological polar surface area (TPSA) is 36.5 Å². The molecule has 0 bridgehead atoms. The van der Waals surface area contributed by atoms with Crippen molar-refractivity contribution in [3.05, 3.63) is 53.1 Å². The van der Waals surface area contributed by atoms with Gasteiger partial charge < -0.3 is 20.3 Å². The van der Waals surface area contributed by atoms with Gasteiger partial charge in [-0.1, -0.05) is 30.7 Å². The van der Waals surface area contributed by atoms with Crippen LogP contribution in [0.1, 0.15) is 38.3 Å². The van der Waals surface area contributed by atoms with E-state index in [-0.39, 0.29) is 6.04 Å². The lowest BCUT2D eigenvalue weighted by Crippen LogP contribution is -2.34. The number of methoxy groups -OCH3 is 1. The molecule has 2 N–H and O–H groups in total. The van der Waals surface area contributed by atoms with E-state index in [1.54, 1.807) is 13.2 Å². The molecule has 0 aromatic heterocycles. The Morgan fingerprint density at radius 2 is 2.00 bits per heavy atom. The molecule has 2 atom stereocenters. The number of anilines is 2. The summed E-state index contributed by atoms with van der Waals surface area (Å²) in [5.74, 6) is 1.41. The maximum Gasteiger partial charge on any atom is 0.171 e. The molecule has 0 unspecified atom stereocenters. The summed E-state index contributed by atoms with van der Waals surface area (Å²) in [6.07, 6.45) is 2.61. The number of benzene rings is 2. The molecule has 1 aliphatic heterocycles. The number of nitrogens with zero attached hydrogens (tertiary/aromatic N) is 1. The third kappa shape index (κ3) is 5.30. The number of nitrogens with one attached hydrogen (secondary N) is 2. The molecule has 0 amide bonds. The van der Waals surface area contributed by atoms with Gasteiger partial charge in [0.05, 0.1) is 18.2 Å². The van der Waals surface area contributed by atoms with Crippen LogP contribution >= 0.6 is 23.8 Å². The summed E-state index contributed by atoms with van der Waals surface area (Å²) in [7, 11) is 1.60. The summed E-state index contributed by atoms with van der Waals surface area (Å²) in [4.78, 5) is 2.48. The van der Waals surface area contributed by atoms with Crippen LogP contribution in [0.4, 0.5) is 11.4 Å². The number of ether oxygens (including phenoxy) is 1. The number of rotatable bonds is 5. The molecule has 1 aliphatic rings. The summed E-state index contributed by atoms with van der Waals surface area (Å²) in [6, 6.07) is 14.4. The highest BCUT2D eigenvalue weighted by atomic mass is 35.5. The molecule has 2 aromatic carbocycles. The molecule has 0 radical (unpaired) electrons. The van der Waals surface area contributed by atoms with E-state index in [1.165, 1.54) is 24.1 Å². The molecule has 4 nitrogen and oxygen atoms in total. The number of halogens is 1. The van der Waals surface area contributed by atoms with E-state index in [2.05, 4.69) is 53.6 Å². The Bertz CT molecular complexity index is 812. The second kappa shape index (κ2) is 9.48. The summed E-state index contributed by atoms with van der Waals surface area (Å²) in [5.41, 5.74) is 3.33. The lowest BCUT2D eigenvalue weighted by Gasteiger charge is -2.33. The van der Waals surface area contributed by atoms with Crippen LogP contribution in [0.25, 0.3) is 0 Å². The number of hydrogen-bond donors (Lipinski definition) is 2. The number of thiocarbonyl (C=S) groups is 1. The minimum absolute atomic E-state index is 0.100. The predicted molar refractivity (Wildman–Crippen MR) is 123 cm³/mol. The summed E-state index contributed by atoms with van der Waals surface area (Å²) in [5, 5.41) is 7.61. The maximum absolute atomic E-state index is 6.17. The highest BCUT2D eigenvalue weighted by Gasteiger charge is 2.17. The smallest absolute Gasteiger partial charge is 0.171 e. The Labute approximate surface area is 178 Å². The van der Waals surface area contributed by atoms with Gasteiger partial charge in [0, 0.05) is 24.5 Å². The highest BCUT2D eigenvalue weighted by molar-refractivity contribution is 7.80. The van der Waals surface area contributed by atoms with Crippen molar-refractivity contribution in [2.45, 2.75) is 32.7 Å². The fraction of sp³-hybridized carbons (Fsp3) is 0.409. The second-order valence-corrected chi connectivity index (χ2v) is 8.27. The summed E-state index contributed by atoms with van der Waals surface area (Å²) >= 11 is 11.6. The Balaban J connectivity index is 1.57. The zero-order valence-electron chi connectivity index (χ0n) is 16.7. The van der Waals surface area contributed by atoms with Crippen molar-refractivity contribution >= 4 is 40.3 Å². The van der Waals surface area contributed by atoms with Crippen molar-refractivity contribution in [3.63, 3.8) is 0 Å². The fourth-order valence-electron chi connectivity index (χ4n) is 3.59. The summed E-state index contributed by atoms with van der Waals surface area (Å²) in [6.45, 7) is 6.73. The van der Waals surface area contributed by atoms with E-state index in [9.17, 15) is 0 Å². The SMILES string of the molecule is COc1ccc(NC(=S)N[C@H](C)c2ccc(N3CCC[C@H](C)C3)cc2)cc1Cl. The largest absolute Gasteiger partial charge is 0.495 e. The Hall–Kier alpha value is -1.98. The van der Waals surface area contributed by atoms with Crippen molar-refractivity contribution in [1.29, 1.82) is 0 Å². The molecular formula is C22H28ClN3OS. The van der Waals surface area contributed by atoms with Gasteiger partial charge in [0.2, 0.25) is 0 Å². The molecule has 1 heterocycles. The van der Waals surface area contributed by atoms with Gasteiger partial charge in [0.25, 0.3) is 0 Å². The van der Waals surface area contributed by atoms with Crippen LogP contribution in [0, 0.1) is 5.92 Å². The van der Waals surface area contributed by atoms with Gasteiger partial charge in [-0.05, 0) is 73.8 Å². The lowest BCUT2D eigenvalue weighted by atomic mass is 9.99. The Morgan fingerprint density at radius 1 is 1.25 bits per heavy atom. The number of hydrogen-bond acceptors (Lipinski definition) is 3. The zero-order valence-corrected chi connectivity index (χ0v) is 18.2. The van der Waals surface area contributed by atoms with Crippen molar-refractivity contribution in [1.82, 2.24) is 5.32 Å². The van der Waals surface area contributed by atoms with Crippen LogP contribution in [0.5, 0.6) is 5.75 Å². The Morgan fingerprint density at radius 3 is 2.64 bits per heavy atom. The third-order valence-corrected chi connectivity index (χ3v) is 5.69. The average Bonchev–Trinajstić information content (AvgIpc) is 2.68. The molecule has 0 aliphatic carbocycles. The molecule has 150 valence electrons. The van der Waals surface area contributed by atoms with Crippen LogP contribution in [-0.2, 0) is 0 Å². The van der Waals surface area contributed by atoms with E-state index in [1.807, 2.05) is 12.1 Å². The van der Waals surface area contributed by atoms with Gasteiger partial charge in [-0.3, -0.25) is 0 Å². The molecule has 1 fully saturated rings. The van der Waals surface area contributed by atoms with Crippen LogP contribution in [0.3, 0.4) is 0 Å². The zero-order chi connectivity index (χ0) is 20.1. The van der Waals surface area contributed by atoms with Gasteiger partial charge in [-0.25, -0.2) is 0 Å².